The Bertz CT molecular complexity index is 574. The van der Waals surface area contributed by atoms with Crippen LogP contribution in [0.5, 0.6) is 0 Å². The number of aromatic nitrogens is 2. The smallest absolute Gasteiger partial charge is 0.356 e. The van der Waals surface area contributed by atoms with Gasteiger partial charge in [-0.25, -0.2) is 9.78 Å². The largest absolute Gasteiger partial charge is 0.476 e. The van der Waals surface area contributed by atoms with Crippen molar-refractivity contribution in [2.24, 2.45) is 11.8 Å². The van der Waals surface area contributed by atoms with E-state index in [-0.39, 0.29) is 17.5 Å². The highest BCUT2D eigenvalue weighted by Crippen LogP contribution is 2.29. The van der Waals surface area contributed by atoms with Crippen LogP contribution in [0.4, 0.5) is 5.82 Å². The van der Waals surface area contributed by atoms with Gasteiger partial charge in [-0.2, -0.15) is 0 Å². The summed E-state index contributed by atoms with van der Waals surface area (Å²) in [5, 5.41) is 12.0. The van der Waals surface area contributed by atoms with E-state index < -0.39 is 5.97 Å². The molecular weight excluding hydrogens is 284 g/mol. The van der Waals surface area contributed by atoms with Gasteiger partial charge in [-0.3, -0.25) is 9.78 Å². The van der Waals surface area contributed by atoms with Gasteiger partial charge in [-0.1, -0.05) is 0 Å². The Morgan fingerprint density at radius 1 is 1.32 bits per heavy atom. The van der Waals surface area contributed by atoms with Crippen LogP contribution in [0, 0.1) is 11.8 Å². The van der Waals surface area contributed by atoms with Crippen LogP contribution >= 0.6 is 0 Å². The van der Waals surface area contributed by atoms with Crippen LogP contribution in [-0.2, 0) is 4.79 Å². The topological polar surface area (TPSA) is 95.4 Å². The molecule has 7 nitrogen and oxygen atoms in total. The molecule has 0 radical (unpaired) electrons. The zero-order chi connectivity index (χ0) is 15.5. The molecular formula is C15H20N4O3. The van der Waals surface area contributed by atoms with Crippen LogP contribution in [0.3, 0.4) is 0 Å². The second kappa shape index (κ2) is 6.29. The number of hydrogen-bond donors (Lipinski definition) is 2. The summed E-state index contributed by atoms with van der Waals surface area (Å²) in [6, 6.07) is 0. The first-order valence-corrected chi connectivity index (χ1v) is 7.71. The fraction of sp³-hybridized carbons (Fsp3) is 0.600. The predicted octanol–water partition coefficient (Wildman–Crippen LogP) is 0.917. The fourth-order valence-corrected chi connectivity index (χ4v) is 2.79. The van der Waals surface area contributed by atoms with Gasteiger partial charge in [0.05, 0.1) is 12.4 Å². The summed E-state index contributed by atoms with van der Waals surface area (Å²) in [4.78, 5) is 32.8. The molecule has 1 aliphatic carbocycles. The van der Waals surface area contributed by atoms with E-state index in [1.807, 2.05) is 0 Å². The van der Waals surface area contributed by atoms with Gasteiger partial charge in [0.1, 0.15) is 5.82 Å². The van der Waals surface area contributed by atoms with Crippen molar-refractivity contribution in [2.45, 2.75) is 25.7 Å². The summed E-state index contributed by atoms with van der Waals surface area (Å²) in [7, 11) is 0. The van der Waals surface area contributed by atoms with Crippen molar-refractivity contribution >= 4 is 17.7 Å². The molecule has 2 N–H and O–H groups in total. The number of rotatable bonds is 5. The van der Waals surface area contributed by atoms with Gasteiger partial charge in [-0.15, -0.1) is 0 Å². The van der Waals surface area contributed by atoms with Crippen LogP contribution in [0.25, 0.3) is 0 Å². The van der Waals surface area contributed by atoms with Crippen LogP contribution < -0.4 is 10.2 Å². The molecule has 7 heteroatoms. The number of carboxylic acids is 1. The molecule has 3 rings (SSSR count). The molecule has 1 unspecified atom stereocenters. The highest BCUT2D eigenvalue weighted by atomic mass is 16.4. The van der Waals surface area contributed by atoms with Gasteiger partial charge < -0.3 is 15.3 Å². The van der Waals surface area contributed by atoms with Crippen molar-refractivity contribution in [3.63, 3.8) is 0 Å². The lowest BCUT2D eigenvalue weighted by Gasteiger charge is -2.33. The molecule has 1 saturated carbocycles. The second-order valence-electron chi connectivity index (χ2n) is 6.04. The number of anilines is 1. The first-order chi connectivity index (χ1) is 10.6. The Kier molecular flexibility index (Phi) is 4.22. The lowest BCUT2D eigenvalue weighted by molar-refractivity contribution is -0.122. The molecule has 1 aliphatic heterocycles. The van der Waals surface area contributed by atoms with Gasteiger partial charge in [-0.05, 0) is 31.6 Å². The molecule has 118 valence electrons. The van der Waals surface area contributed by atoms with Crippen molar-refractivity contribution in [3.05, 3.63) is 18.1 Å². The average Bonchev–Trinajstić information content (AvgIpc) is 3.38. The number of hydrogen-bond acceptors (Lipinski definition) is 5. The standard InChI is InChI=1S/C15H20N4O3/c20-14(11-3-4-11)17-6-10-2-1-5-19(9-10)13-8-16-7-12(18-13)15(21)22/h7-8,10-11H,1-6,9H2,(H,17,20)(H,21,22). The summed E-state index contributed by atoms with van der Waals surface area (Å²) in [6.07, 6.45) is 6.94. The lowest BCUT2D eigenvalue weighted by Crippen LogP contribution is -2.41. The zero-order valence-corrected chi connectivity index (χ0v) is 12.4. The van der Waals surface area contributed by atoms with E-state index in [0.29, 0.717) is 18.3 Å². The average molecular weight is 304 g/mol. The van der Waals surface area contributed by atoms with Crippen LogP contribution in [0.2, 0.25) is 0 Å². The van der Waals surface area contributed by atoms with Gasteiger partial charge in [0, 0.05) is 25.6 Å². The number of carbonyl (C=O) groups is 2. The first kappa shape index (κ1) is 14.7. The third-order valence-corrected chi connectivity index (χ3v) is 4.20. The Morgan fingerprint density at radius 3 is 2.86 bits per heavy atom. The third kappa shape index (κ3) is 3.52. The van der Waals surface area contributed by atoms with Crippen molar-refractivity contribution < 1.29 is 14.7 Å². The molecule has 2 heterocycles. The minimum atomic E-state index is -1.07. The second-order valence-corrected chi connectivity index (χ2v) is 6.04. The van der Waals surface area contributed by atoms with Gasteiger partial charge in [0.15, 0.2) is 5.69 Å². The zero-order valence-electron chi connectivity index (χ0n) is 12.4. The number of amides is 1. The molecule has 1 saturated heterocycles. The number of nitrogens with one attached hydrogen (secondary N) is 1. The molecule has 2 aliphatic rings. The van der Waals surface area contributed by atoms with Crippen molar-refractivity contribution in [3.8, 4) is 0 Å². The summed E-state index contributed by atoms with van der Waals surface area (Å²) < 4.78 is 0. The number of nitrogens with zero attached hydrogens (tertiary/aromatic N) is 3. The summed E-state index contributed by atoms with van der Waals surface area (Å²) >= 11 is 0. The minimum absolute atomic E-state index is 0.0401. The molecule has 0 bridgehead atoms. The molecule has 1 aromatic heterocycles. The SMILES string of the molecule is O=C(O)c1cncc(N2CCCC(CNC(=O)C3CC3)C2)n1. The van der Waals surface area contributed by atoms with Gasteiger partial charge >= 0.3 is 5.97 Å². The van der Waals surface area contributed by atoms with Gasteiger partial charge in [0.2, 0.25) is 5.91 Å². The van der Waals surface area contributed by atoms with Crippen LogP contribution in [-0.4, -0.2) is 46.6 Å². The van der Waals surface area contributed by atoms with Crippen LogP contribution in [0.1, 0.15) is 36.2 Å². The normalized spacial score (nSPS) is 21.5. The molecule has 1 aromatic rings. The molecule has 0 aromatic carbocycles. The highest BCUT2D eigenvalue weighted by Gasteiger charge is 2.30. The maximum atomic E-state index is 11.7. The first-order valence-electron chi connectivity index (χ1n) is 7.71. The van der Waals surface area contributed by atoms with E-state index in [2.05, 4.69) is 20.2 Å². The van der Waals surface area contributed by atoms with E-state index in [1.54, 1.807) is 6.20 Å². The predicted molar refractivity (Wildman–Crippen MR) is 79.7 cm³/mol. The number of carbonyl (C=O) groups excluding carboxylic acids is 1. The maximum absolute atomic E-state index is 11.7. The van der Waals surface area contributed by atoms with E-state index in [1.165, 1.54) is 6.20 Å². The quantitative estimate of drug-likeness (QED) is 0.840. The van der Waals surface area contributed by atoms with E-state index in [0.717, 1.165) is 38.8 Å². The van der Waals surface area contributed by atoms with Gasteiger partial charge in [0.25, 0.3) is 0 Å². The Hall–Kier alpha value is -2.18. The summed E-state index contributed by atoms with van der Waals surface area (Å²) in [6.45, 7) is 2.28. The Balaban J connectivity index is 1.58. The van der Waals surface area contributed by atoms with E-state index in [9.17, 15) is 9.59 Å². The highest BCUT2D eigenvalue weighted by molar-refractivity contribution is 5.85. The fourth-order valence-electron chi connectivity index (χ4n) is 2.79. The molecule has 1 amide bonds. The molecule has 22 heavy (non-hydrogen) atoms. The lowest BCUT2D eigenvalue weighted by atomic mass is 9.98. The molecule has 2 fully saturated rings. The monoisotopic (exact) mass is 304 g/mol. The minimum Gasteiger partial charge on any atom is -0.476 e. The van der Waals surface area contributed by atoms with E-state index in [4.69, 9.17) is 5.11 Å². The number of piperidine rings is 1. The van der Waals surface area contributed by atoms with Crippen LogP contribution in [0.15, 0.2) is 12.4 Å². The van der Waals surface area contributed by atoms with Crippen molar-refractivity contribution in [1.29, 1.82) is 0 Å². The Morgan fingerprint density at radius 2 is 2.14 bits per heavy atom. The summed E-state index contributed by atoms with van der Waals surface area (Å²) in [5.74, 6) is 0.298. The van der Waals surface area contributed by atoms with Crippen molar-refractivity contribution in [1.82, 2.24) is 15.3 Å². The molecule has 0 spiro atoms. The number of aromatic carboxylic acids is 1. The molecule has 1 atom stereocenters. The maximum Gasteiger partial charge on any atom is 0.356 e. The summed E-state index contributed by atoms with van der Waals surface area (Å²) in [5.41, 5.74) is -0.0401. The van der Waals surface area contributed by atoms with Crippen molar-refractivity contribution in [2.75, 3.05) is 24.5 Å². The van der Waals surface area contributed by atoms with E-state index >= 15 is 0 Å². The number of carboxylic acid groups (broad SMARTS) is 1. The third-order valence-electron chi connectivity index (χ3n) is 4.20. The Labute approximate surface area is 128 Å².